The molecule has 0 saturated heterocycles. The molecule has 2 aromatic rings. The number of anilines is 1. The summed E-state index contributed by atoms with van der Waals surface area (Å²) < 4.78 is 0. The Kier molecular flexibility index (Phi) is 3.95. The Morgan fingerprint density at radius 3 is 2.50 bits per heavy atom. The number of aromatic hydroxyl groups is 1. The van der Waals surface area contributed by atoms with Gasteiger partial charge in [-0.25, -0.2) is 0 Å². The zero-order chi connectivity index (χ0) is 14.5. The molecule has 2 N–H and O–H groups in total. The van der Waals surface area contributed by atoms with Crippen LogP contribution in [0, 0.1) is 10.1 Å². The maximum Gasteiger partial charge on any atom is 0.293 e. The van der Waals surface area contributed by atoms with Gasteiger partial charge in [0.05, 0.1) is 4.92 Å². The molecule has 0 amide bonds. The average molecular weight is 272 g/mol. The number of rotatable bonds is 5. The normalized spacial score (nSPS) is 10.0. The number of phenols is 1. The topological polar surface area (TPSA) is 92.5 Å². The number of phenolic OH excluding ortho intramolecular Hbond substituents is 1. The van der Waals surface area contributed by atoms with Gasteiger partial charge in [-0.05, 0) is 29.8 Å². The van der Waals surface area contributed by atoms with Gasteiger partial charge in [-0.1, -0.05) is 12.1 Å². The molecule has 0 aliphatic heterocycles. The van der Waals surface area contributed by atoms with E-state index in [0.29, 0.717) is 18.5 Å². The largest absolute Gasteiger partial charge is 0.508 e. The quantitative estimate of drug-likeness (QED) is 0.496. The highest BCUT2D eigenvalue weighted by Gasteiger charge is 2.14. The van der Waals surface area contributed by atoms with Crippen molar-refractivity contribution in [3.63, 3.8) is 0 Å². The Labute approximate surface area is 114 Å². The standard InChI is InChI=1S/C14H12N2O4/c17-9-11-3-6-13(14(7-11)16(19)20)15-8-10-1-4-12(18)5-2-10/h1-7,9,15,18H,8H2. The molecule has 0 fully saturated rings. The average Bonchev–Trinajstić information content (AvgIpc) is 2.46. The predicted molar refractivity (Wildman–Crippen MR) is 73.9 cm³/mol. The van der Waals surface area contributed by atoms with E-state index in [-0.39, 0.29) is 17.0 Å². The van der Waals surface area contributed by atoms with Crippen molar-refractivity contribution in [1.82, 2.24) is 0 Å². The molecular formula is C14H12N2O4. The van der Waals surface area contributed by atoms with E-state index in [1.165, 1.54) is 18.2 Å². The van der Waals surface area contributed by atoms with Crippen molar-refractivity contribution in [1.29, 1.82) is 0 Å². The van der Waals surface area contributed by atoms with E-state index in [1.807, 2.05) is 0 Å². The minimum absolute atomic E-state index is 0.145. The fourth-order valence-corrected chi connectivity index (χ4v) is 1.73. The fraction of sp³-hybridized carbons (Fsp3) is 0.0714. The van der Waals surface area contributed by atoms with Crippen molar-refractivity contribution in [2.45, 2.75) is 6.54 Å². The van der Waals surface area contributed by atoms with Gasteiger partial charge in [0.15, 0.2) is 0 Å². The monoisotopic (exact) mass is 272 g/mol. The van der Waals surface area contributed by atoms with Crippen molar-refractivity contribution >= 4 is 17.7 Å². The van der Waals surface area contributed by atoms with Crippen LogP contribution in [0.4, 0.5) is 11.4 Å². The molecule has 102 valence electrons. The summed E-state index contributed by atoms with van der Waals surface area (Å²) in [6, 6.07) is 10.8. The maximum absolute atomic E-state index is 11.0. The first kappa shape index (κ1) is 13.5. The molecule has 0 spiro atoms. The smallest absolute Gasteiger partial charge is 0.293 e. The summed E-state index contributed by atoms with van der Waals surface area (Å²) in [7, 11) is 0. The molecule has 0 saturated carbocycles. The van der Waals surface area contributed by atoms with Gasteiger partial charge in [0, 0.05) is 18.2 Å². The summed E-state index contributed by atoms with van der Waals surface area (Å²) in [6.45, 7) is 0.377. The lowest BCUT2D eigenvalue weighted by Gasteiger charge is -2.07. The Balaban J connectivity index is 2.18. The first-order chi connectivity index (χ1) is 9.60. The van der Waals surface area contributed by atoms with Crippen molar-refractivity contribution in [3.05, 3.63) is 63.7 Å². The van der Waals surface area contributed by atoms with E-state index in [1.54, 1.807) is 24.3 Å². The molecule has 0 aromatic heterocycles. The first-order valence-corrected chi connectivity index (χ1v) is 5.85. The Morgan fingerprint density at radius 2 is 1.90 bits per heavy atom. The molecule has 2 aromatic carbocycles. The number of benzene rings is 2. The maximum atomic E-state index is 11.0. The van der Waals surface area contributed by atoms with Crippen molar-refractivity contribution in [3.8, 4) is 5.75 Å². The summed E-state index contributed by atoms with van der Waals surface area (Å²) in [4.78, 5) is 21.1. The van der Waals surface area contributed by atoms with Gasteiger partial charge in [0.2, 0.25) is 0 Å². The van der Waals surface area contributed by atoms with Gasteiger partial charge < -0.3 is 10.4 Å². The number of aldehydes is 1. The highest BCUT2D eigenvalue weighted by Crippen LogP contribution is 2.25. The van der Waals surface area contributed by atoms with Gasteiger partial charge >= 0.3 is 0 Å². The second kappa shape index (κ2) is 5.83. The summed E-state index contributed by atoms with van der Waals surface area (Å²) in [5.41, 5.74) is 1.32. The lowest BCUT2D eigenvalue weighted by Crippen LogP contribution is -2.03. The summed E-state index contributed by atoms with van der Waals surface area (Å²) in [6.07, 6.45) is 0.566. The molecule has 2 rings (SSSR count). The minimum Gasteiger partial charge on any atom is -0.508 e. The highest BCUT2D eigenvalue weighted by molar-refractivity contribution is 5.79. The van der Waals surface area contributed by atoms with Crippen LogP contribution in [0.25, 0.3) is 0 Å². The third-order valence-electron chi connectivity index (χ3n) is 2.77. The van der Waals surface area contributed by atoms with Crippen LogP contribution in [0.5, 0.6) is 5.75 Å². The van der Waals surface area contributed by atoms with E-state index < -0.39 is 4.92 Å². The number of carbonyl (C=O) groups is 1. The molecule has 0 radical (unpaired) electrons. The van der Waals surface area contributed by atoms with Crippen LogP contribution in [-0.2, 0) is 6.54 Å². The second-order valence-corrected chi connectivity index (χ2v) is 4.17. The van der Waals surface area contributed by atoms with E-state index in [2.05, 4.69) is 5.32 Å². The zero-order valence-electron chi connectivity index (χ0n) is 10.4. The molecule has 0 unspecified atom stereocenters. The van der Waals surface area contributed by atoms with E-state index in [0.717, 1.165) is 5.56 Å². The number of nitro groups is 1. The van der Waals surface area contributed by atoms with Crippen molar-refractivity contribution in [2.24, 2.45) is 0 Å². The highest BCUT2D eigenvalue weighted by atomic mass is 16.6. The molecule has 0 aliphatic rings. The molecule has 6 nitrogen and oxygen atoms in total. The van der Waals surface area contributed by atoms with Crippen LogP contribution in [-0.4, -0.2) is 16.3 Å². The van der Waals surface area contributed by atoms with Gasteiger partial charge in [-0.2, -0.15) is 0 Å². The molecular weight excluding hydrogens is 260 g/mol. The van der Waals surface area contributed by atoms with Crippen LogP contribution >= 0.6 is 0 Å². The van der Waals surface area contributed by atoms with Gasteiger partial charge in [-0.15, -0.1) is 0 Å². The summed E-state index contributed by atoms with van der Waals surface area (Å²) in [5.74, 6) is 0.162. The molecule has 0 bridgehead atoms. The Bertz CT molecular complexity index is 638. The van der Waals surface area contributed by atoms with E-state index in [4.69, 9.17) is 0 Å². The van der Waals surface area contributed by atoms with Crippen LogP contribution in [0.2, 0.25) is 0 Å². The minimum atomic E-state index is -0.536. The number of hydrogen-bond donors (Lipinski definition) is 2. The molecule has 0 atom stereocenters. The molecule has 0 aliphatic carbocycles. The fourth-order valence-electron chi connectivity index (χ4n) is 1.73. The second-order valence-electron chi connectivity index (χ2n) is 4.17. The SMILES string of the molecule is O=Cc1ccc(NCc2ccc(O)cc2)c([N+](=O)[O-])c1. The molecule has 20 heavy (non-hydrogen) atoms. The van der Waals surface area contributed by atoms with Crippen LogP contribution in [0.15, 0.2) is 42.5 Å². The van der Waals surface area contributed by atoms with Gasteiger partial charge in [0.25, 0.3) is 5.69 Å². The van der Waals surface area contributed by atoms with E-state index >= 15 is 0 Å². The summed E-state index contributed by atoms with van der Waals surface area (Å²) >= 11 is 0. The lowest BCUT2D eigenvalue weighted by atomic mass is 10.1. The van der Waals surface area contributed by atoms with Crippen molar-refractivity contribution in [2.75, 3.05) is 5.32 Å². The Hall–Kier alpha value is -2.89. The molecule has 6 heteroatoms. The number of nitro benzene ring substituents is 1. The number of carbonyl (C=O) groups excluding carboxylic acids is 1. The third-order valence-corrected chi connectivity index (χ3v) is 2.77. The van der Waals surface area contributed by atoms with Crippen LogP contribution in [0.3, 0.4) is 0 Å². The summed E-state index contributed by atoms with van der Waals surface area (Å²) in [5, 5.41) is 23.1. The number of nitrogens with one attached hydrogen (secondary N) is 1. The number of nitrogens with zero attached hydrogens (tertiary/aromatic N) is 1. The van der Waals surface area contributed by atoms with Crippen LogP contribution < -0.4 is 5.32 Å². The third kappa shape index (κ3) is 3.11. The van der Waals surface area contributed by atoms with Gasteiger partial charge in [0.1, 0.15) is 17.7 Å². The lowest BCUT2D eigenvalue weighted by molar-refractivity contribution is -0.384. The van der Waals surface area contributed by atoms with Crippen LogP contribution in [0.1, 0.15) is 15.9 Å². The molecule has 0 heterocycles. The van der Waals surface area contributed by atoms with E-state index in [9.17, 15) is 20.0 Å². The van der Waals surface area contributed by atoms with Gasteiger partial charge in [-0.3, -0.25) is 14.9 Å². The van der Waals surface area contributed by atoms with Crippen molar-refractivity contribution < 1.29 is 14.8 Å². The zero-order valence-corrected chi connectivity index (χ0v) is 10.4. The Morgan fingerprint density at radius 1 is 1.20 bits per heavy atom. The predicted octanol–water partition coefficient (Wildman–Crippen LogP) is 2.73. The first-order valence-electron chi connectivity index (χ1n) is 5.85. The number of hydrogen-bond acceptors (Lipinski definition) is 5.